The van der Waals surface area contributed by atoms with E-state index < -0.39 is 0 Å². The van der Waals surface area contributed by atoms with Gasteiger partial charge in [-0.15, -0.1) is 0 Å². The zero-order valence-electron chi connectivity index (χ0n) is 7.09. The van der Waals surface area contributed by atoms with E-state index in [0.717, 1.165) is 5.75 Å². The van der Waals surface area contributed by atoms with Gasteiger partial charge in [-0.05, 0) is 12.2 Å². The van der Waals surface area contributed by atoms with Crippen LogP contribution < -0.4 is 11.1 Å². The van der Waals surface area contributed by atoms with E-state index in [-0.39, 0.29) is 11.9 Å². The van der Waals surface area contributed by atoms with Crippen LogP contribution in [0.4, 0.5) is 0 Å². The quantitative estimate of drug-likeness (QED) is 0.420. The van der Waals surface area contributed by atoms with E-state index in [1.54, 1.807) is 11.6 Å². The van der Waals surface area contributed by atoms with Crippen molar-refractivity contribution in [1.29, 1.82) is 0 Å². The predicted octanol–water partition coefficient (Wildman–Crippen LogP) is -0.879. The molecule has 0 saturated heterocycles. The average Bonchev–Trinajstić information content (AvgIpc) is 2.03. The van der Waals surface area contributed by atoms with Gasteiger partial charge >= 0.3 is 0 Å². The fourth-order valence-electron chi connectivity index (χ4n) is 0.593. The summed E-state index contributed by atoms with van der Waals surface area (Å²) in [5, 5.41) is 2.75. The first-order valence-electron chi connectivity index (χ1n) is 3.74. The van der Waals surface area contributed by atoms with Crippen molar-refractivity contribution >= 4 is 24.6 Å². The van der Waals surface area contributed by atoms with E-state index in [4.69, 9.17) is 5.73 Å². The molecule has 0 rings (SSSR count). The van der Waals surface area contributed by atoms with Crippen LogP contribution in [-0.4, -0.2) is 31.4 Å². The molecule has 64 valence electrons. The maximum absolute atomic E-state index is 11.0. The molecular weight excluding hydrogens is 159 g/mol. The molecule has 11 heavy (non-hydrogen) atoms. The molecule has 0 aliphatic heterocycles. The molecule has 3 N–H and O–H groups in total. The molecule has 0 spiro atoms. The average molecular weight is 174 g/mol. The summed E-state index contributed by atoms with van der Waals surface area (Å²) in [5.74, 6) is 0.906. The van der Waals surface area contributed by atoms with Crippen molar-refractivity contribution in [2.75, 3.05) is 12.3 Å². The van der Waals surface area contributed by atoms with Gasteiger partial charge < -0.3 is 11.1 Å². The zero-order chi connectivity index (χ0) is 8.69. The second kappa shape index (κ2) is 6.55. The fraction of sp³-hybridized carbons (Fsp3) is 0.833. The minimum absolute atomic E-state index is 0.0402. The van der Waals surface area contributed by atoms with Crippen molar-refractivity contribution in [3.63, 3.8) is 0 Å². The molecule has 0 radical (unpaired) electrons. The molecule has 0 aromatic carbocycles. The van der Waals surface area contributed by atoms with E-state index in [0.29, 0.717) is 13.0 Å². The topological polar surface area (TPSA) is 55.1 Å². The SMILES string of the molecule is BSCCNC(=O)[C@@H](N)CC. The largest absolute Gasteiger partial charge is 0.354 e. The Morgan fingerprint density at radius 3 is 2.91 bits per heavy atom. The van der Waals surface area contributed by atoms with Crippen LogP contribution in [0.1, 0.15) is 13.3 Å². The van der Waals surface area contributed by atoms with Gasteiger partial charge in [-0.25, -0.2) is 11.6 Å². The Bertz CT molecular complexity index is 123. The van der Waals surface area contributed by atoms with Gasteiger partial charge in [0.2, 0.25) is 5.91 Å². The van der Waals surface area contributed by atoms with E-state index >= 15 is 0 Å². The van der Waals surface area contributed by atoms with Gasteiger partial charge in [0.05, 0.1) is 6.04 Å². The Hall–Kier alpha value is -0.155. The summed E-state index contributed by atoms with van der Waals surface area (Å²) in [6, 6.07) is -0.336. The van der Waals surface area contributed by atoms with Crippen LogP contribution in [0.2, 0.25) is 0 Å². The maximum atomic E-state index is 11.0. The van der Waals surface area contributed by atoms with Crippen molar-refractivity contribution in [3.05, 3.63) is 0 Å². The Balaban J connectivity index is 3.36. The molecule has 0 saturated carbocycles. The Morgan fingerprint density at radius 1 is 1.82 bits per heavy atom. The zero-order valence-corrected chi connectivity index (χ0v) is 7.91. The number of carbonyl (C=O) groups is 1. The molecule has 5 heteroatoms. The summed E-state index contributed by atoms with van der Waals surface area (Å²) < 4.78 is 0. The first-order valence-corrected chi connectivity index (χ1v) is 5.14. The molecule has 0 fully saturated rings. The van der Waals surface area contributed by atoms with Crippen molar-refractivity contribution < 1.29 is 4.79 Å². The second-order valence-corrected chi connectivity index (χ2v) is 3.28. The van der Waals surface area contributed by atoms with Gasteiger partial charge in [0.15, 0.2) is 7.12 Å². The number of carbonyl (C=O) groups excluding carboxylic acids is 1. The summed E-state index contributed by atoms with van der Waals surface area (Å²) in [6.45, 7) is 2.62. The standard InChI is InChI=1S/C6H15BN2OS/c1-2-5(8)6(10)9-3-4-11-7/h5H,2-4,7-8H2,1H3,(H,9,10)/t5-/m0/s1. The minimum Gasteiger partial charge on any atom is -0.354 e. The number of nitrogens with two attached hydrogens (primary N) is 1. The molecule has 0 aromatic rings. The lowest BCUT2D eigenvalue weighted by atomic mass is 10.2. The summed E-state index contributed by atoms with van der Waals surface area (Å²) in [5.41, 5.74) is 5.48. The molecule has 0 unspecified atom stereocenters. The van der Waals surface area contributed by atoms with Gasteiger partial charge in [0.25, 0.3) is 0 Å². The molecule has 0 bridgehead atoms. The van der Waals surface area contributed by atoms with Crippen LogP contribution in [0.15, 0.2) is 0 Å². The third-order valence-corrected chi connectivity index (χ3v) is 1.99. The van der Waals surface area contributed by atoms with Gasteiger partial charge in [0.1, 0.15) is 0 Å². The maximum Gasteiger partial charge on any atom is 0.236 e. The smallest absolute Gasteiger partial charge is 0.236 e. The molecule has 0 heterocycles. The monoisotopic (exact) mass is 174 g/mol. The van der Waals surface area contributed by atoms with Crippen molar-refractivity contribution in [1.82, 2.24) is 5.32 Å². The number of hydrogen-bond donors (Lipinski definition) is 2. The van der Waals surface area contributed by atoms with Crippen molar-refractivity contribution in [2.24, 2.45) is 5.73 Å². The van der Waals surface area contributed by atoms with Gasteiger partial charge in [-0.1, -0.05) is 6.92 Å². The fourth-order valence-corrected chi connectivity index (χ4v) is 0.899. The summed E-state index contributed by atoms with van der Waals surface area (Å²) in [7, 11) is 2.01. The molecule has 0 aliphatic carbocycles. The van der Waals surface area contributed by atoms with Crippen LogP contribution in [0.25, 0.3) is 0 Å². The van der Waals surface area contributed by atoms with Crippen LogP contribution in [0.3, 0.4) is 0 Å². The lowest BCUT2D eigenvalue weighted by Crippen LogP contribution is -2.40. The molecule has 3 nitrogen and oxygen atoms in total. The lowest BCUT2D eigenvalue weighted by molar-refractivity contribution is -0.122. The van der Waals surface area contributed by atoms with Crippen LogP contribution in [-0.2, 0) is 4.79 Å². The predicted molar refractivity (Wildman–Crippen MR) is 52.3 cm³/mol. The normalized spacial score (nSPS) is 12.5. The van der Waals surface area contributed by atoms with E-state index in [1.807, 2.05) is 14.0 Å². The number of nitrogens with one attached hydrogen (secondary N) is 1. The van der Waals surface area contributed by atoms with Crippen LogP contribution in [0.5, 0.6) is 0 Å². The highest BCUT2D eigenvalue weighted by molar-refractivity contribution is 8.19. The molecule has 0 aromatic heterocycles. The Labute approximate surface area is 72.8 Å². The molecule has 1 amide bonds. The first kappa shape index (κ1) is 10.8. The van der Waals surface area contributed by atoms with E-state index in [9.17, 15) is 4.79 Å². The number of amides is 1. The minimum atomic E-state index is -0.336. The molecule has 0 aliphatic rings. The highest BCUT2D eigenvalue weighted by atomic mass is 32.2. The Kier molecular flexibility index (Phi) is 6.46. The van der Waals surface area contributed by atoms with Crippen molar-refractivity contribution in [2.45, 2.75) is 19.4 Å². The Morgan fingerprint density at radius 2 is 2.45 bits per heavy atom. The third-order valence-electron chi connectivity index (χ3n) is 1.38. The van der Waals surface area contributed by atoms with E-state index in [2.05, 4.69) is 5.32 Å². The third kappa shape index (κ3) is 5.15. The summed E-state index contributed by atoms with van der Waals surface area (Å²) >= 11 is 1.71. The van der Waals surface area contributed by atoms with Gasteiger partial charge in [-0.3, -0.25) is 4.79 Å². The number of rotatable bonds is 5. The number of hydrogen-bond acceptors (Lipinski definition) is 3. The van der Waals surface area contributed by atoms with E-state index in [1.165, 1.54) is 0 Å². The first-order chi connectivity index (χ1) is 5.22. The lowest BCUT2D eigenvalue weighted by Gasteiger charge is -2.08. The van der Waals surface area contributed by atoms with Gasteiger partial charge in [-0.2, -0.15) is 0 Å². The highest BCUT2D eigenvalue weighted by Gasteiger charge is 2.08. The molecule has 1 atom stereocenters. The van der Waals surface area contributed by atoms with Crippen LogP contribution in [0, 0.1) is 0 Å². The second-order valence-electron chi connectivity index (χ2n) is 2.30. The van der Waals surface area contributed by atoms with Crippen LogP contribution >= 0.6 is 11.6 Å². The molecular formula is C6H15BN2OS. The summed E-state index contributed by atoms with van der Waals surface area (Å²) in [6.07, 6.45) is 0.700. The highest BCUT2D eigenvalue weighted by Crippen LogP contribution is 1.88. The summed E-state index contributed by atoms with van der Waals surface area (Å²) in [4.78, 5) is 11.0. The van der Waals surface area contributed by atoms with Gasteiger partial charge in [0, 0.05) is 6.54 Å². The van der Waals surface area contributed by atoms with Crippen molar-refractivity contribution in [3.8, 4) is 0 Å².